The Morgan fingerprint density at radius 2 is 2.08 bits per heavy atom. The number of hydrogen-bond acceptors (Lipinski definition) is 1. The van der Waals surface area contributed by atoms with Gasteiger partial charge in [0.15, 0.2) is 11.6 Å². The van der Waals surface area contributed by atoms with E-state index in [0.717, 1.165) is 6.07 Å². The maximum atomic E-state index is 12.9. The van der Waals surface area contributed by atoms with Gasteiger partial charge in [0.25, 0.3) is 0 Å². The number of benzene rings is 1. The number of hydrogen-bond donors (Lipinski definition) is 0. The van der Waals surface area contributed by atoms with Crippen molar-refractivity contribution >= 4 is 15.9 Å². The van der Waals surface area contributed by atoms with Crippen LogP contribution in [-0.2, 0) is 5.33 Å². The van der Waals surface area contributed by atoms with E-state index in [4.69, 9.17) is 0 Å². The summed E-state index contributed by atoms with van der Waals surface area (Å²) in [5.41, 5.74) is 0.361. The summed E-state index contributed by atoms with van der Waals surface area (Å²) in [6.45, 7) is -3.00. The minimum absolute atomic E-state index is 0.271. The van der Waals surface area contributed by atoms with E-state index in [0.29, 0.717) is 5.56 Å². The second-order valence-electron chi connectivity index (χ2n) is 2.24. The number of rotatable bonds is 3. The van der Waals surface area contributed by atoms with Crippen molar-refractivity contribution in [2.45, 2.75) is 11.9 Å². The summed E-state index contributed by atoms with van der Waals surface area (Å²) in [5, 5.41) is 0.271. The van der Waals surface area contributed by atoms with Crippen LogP contribution in [0.15, 0.2) is 18.2 Å². The van der Waals surface area contributed by atoms with Crippen molar-refractivity contribution in [1.82, 2.24) is 0 Å². The molecule has 0 aromatic heterocycles. The Hall–Kier alpha value is -0.710. The lowest BCUT2D eigenvalue weighted by Crippen LogP contribution is -2.05. The van der Waals surface area contributed by atoms with Crippen molar-refractivity contribution < 1.29 is 17.9 Å². The van der Waals surface area contributed by atoms with Gasteiger partial charge < -0.3 is 4.74 Å². The summed E-state index contributed by atoms with van der Waals surface area (Å²) < 4.78 is 40.6. The van der Waals surface area contributed by atoms with Gasteiger partial charge in [-0.25, -0.2) is 4.39 Å². The summed E-state index contributed by atoms with van der Waals surface area (Å²) in [7, 11) is 0. The smallest absolute Gasteiger partial charge is 0.387 e. The Bertz CT molecular complexity index is 291. The molecule has 0 atom stereocenters. The minimum atomic E-state index is -3.00. The minimum Gasteiger partial charge on any atom is -0.431 e. The highest BCUT2D eigenvalue weighted by Crippen LogP contribution is 2.26. The second-order valence-corrected chi connectivity index (χ2v) is 2.80. The van der Waals surface area contributed by atoms with E-state index in [9.17, 15) is 13.2 Å². The van der Waals surface area contributed by atoms with Crippen molar-refractivity contribution in [3.63, 3.8) is 0 Å². The largest absolute Gasteiger partial charge is 0.431 e. The van der Waals surface area contributed by atoms with E-state index >= 15 is 0 Å². The fourth-order valence-electron chi connectivity index (χ4n) is 0.880. The molecule has 1 rings (SSSR count). The Labute approximate surface area is 81.6 Å². The molecule has 1 nitrogen and oxygen atoms in total. The first-order chi connectivity index (χ1) is 6.15. The highest BCUT2D eigenvalue weighted by molar-refractivity contribution is 9.08. The van der Waals surface area contributed by atoms with Crippen LogP contribution in [0.5, 0.6) is 5.75 Å². The molecule has 72 valence electrons. The molecule has 0 heterocycles. The molecule has 0 bridgehead atoms. The van der Waals surface area contributed by atoms with Gasteiger partial charge in [0.1, 0.15) is 0 Å². The molecular formula is C8H6BrF3O. The molecule has 13 heavy (non-hydrogen) atoms. The molecule has 0 spiro atoms. The molecular weight excluding hydrogens is 249 g/mol. The van der Waals surface area contributed by atoms with Crippen LogP contribution in [-0.4, -0.2) is 6.61 Å². The lowest BCUT2D eigenvalue weighted by molar-refractivity contribution is -0.0526. The fraction of sp³-hybridized carbons (Fsp3) is 0.250. The van der Waals surface area contributed by atoms with Gasteiger partial charge in [-0.2, -0.15) is 8.78 Å². The molecule has 0 radical (unpaired) electrons. The van der Waals surface area contributed by atoms with Gasteiger partial charge in [-0.05, 0) is 6.07 Å². The van der Waals surface area contributed by atoms with Gasteiger partial charge >= 0.3 is 6.61 Å². The third-order valence-corrected chi connectivity index (χ3v) is 2.00. The molecule has 0 saturated carbocycles. The normalized spacial score (nSPS) is 10.5. The fourth-order valence-corrected chi connectivity index (χ4v) is 1.32. The van der Waals surface area contributed by atoms with E-state index in [1.54, 1.807) is 0 Å². The van der Waals surface area contributed by atoms with Crippen LogP contribution in [0, 0.1) is 5.82 Å². The summed E-state index contributed by atoms with van der Waals surface area (Å²) >= 11 is 3.04. The van der Waals surface area contributed by atoms with Crippen LogP contribution in [0.4, 0.5) is 13.2 Å². The zero-order chi connectivity index (χ0) is 9.84. The third kappa shape index (κ3) is 2.62. The molecule has 1 aromatic carbocycles. The van der Waals surface area contributed by atoms with Crippen molar-refractivity contribution in [3.05, 3.63) is 29.6 Å². The van der Waals surface area contributed by atoms with E-state index in [2.05, 4.69) is 20.7 Å². The van der Waals surface area contributed by atoms with Gasteiger partial charge in [-0.3, -0.25) is 0 Å². The lowest BCUT2D eigenvalue weighted by Gasteiger charge is -2.08. The predicted octanol–water partition coefficient (Wildman–Crippen LogP) is 3.32. The maximum absolute atomic E-state index is 12.9. The summed E-state index contributed by atoms with van der Waals surface area (Å²) in [4.78, 5) is 0. The monoisotopic (exact) mass is 254 g/mol. The van der Waals surface area contributed by atoms with Crippen LogP contribution in [0.25, 0.3) is 0 Å². The lowest BCUT2D eigenvalue weighted by atomic mass is 10.2. The number of para-hydroxylation sites is 1. The average molecular weight is 255 g/mol. The van der Waals surface area contributed by atoms with Crippen LogP contribution >= 0.6 is 15.9 Å². The predicted molar refractivity (Wildman–Crippen MR) is 45.7 cm³/mol. The first kappa shape index (κ1) is 10.4. The van der Waals surface area contributed by atoms with E-state index in [1.165, 1.54) is 12.1 Å². The van der Waals surface area contributed by atoms with Crippen LogP contribution in [0.3, 0.4) is 0 Å². The van der Waals surface area contributed by atoms with Crippen molar-refractivity contribution in [2.24, 2.45) is 0 Å². The zero-order valence-electron chi connectivity index (χ0n) is 6.44. The molecule has 1 aromatic rings. The molecule has 0 aliphatic rings. The highest BCUT2D eigenvalue weighted by Gasteiger charge is 2.13. The van der Waals surface area contributed by atoms with E-state index in [-0.39, 0.29) is 5.33 Å². The third-order valence-electron chi connectivity index (χ3n) is 1.40. The average Bonchev–Trinajstić information content (AvgIpc) is 2.08. The SMILES string of the molecule is Fc1cccc(CBr)c1OC(F)F. The number of alkyl halides is 3. The topological polar surface area (TPSA) is 9.23 Å². The van der Waals surface area contributed by atoms with Gasteiger partial charge in [0, 0.05) is 10.9 Å². The van der Waals surface area contributed by atoms with Crippen molar-refractivity contribution in [1.29, 1.82) is 0 Å². The van der Waals surface area contributed by atoms with Gasteiger partial charge in [0.05, 0.1) is 0 Å². The van der Waals surface area contributed by atoms with Gasteiger partial charge in [0.2, 0.25) is 0 Å². The quantitative estimate of drug-likeness (QED) is 0.753. The molecule has 0 aliphatic heterocycles. The van der Waals surface area contributed by atoms with Gasteiger partial charge in [-0.15, -0.1) is 0 Å². The summed E-state index contributed by atoms with van der Waals surface area (Å²) in [5.74, 6) is -1.17. The summed E-state index contributed by atoms with van der Waals surface area (Å²) in [6, 6.07) is 4.02. The molecule has 0 saturated heterocycles. The number of halogens is 4. The Morgan fingerprint density at radius 3 is 2.62 bits per heavy atom. The molecule has 0 aliphatic carbocycles. The Kier molecular flexibility index (Phi) is 3.59. The molecule has 0 amide bonds. The van der Waals surface area contributed by atoms with E-state index in [1.807, 2.05) is 0 Å². The molecule has 0 fully saturated rings. The van der Waals surface area contributed by atoms with Crippen LogP contribution < -0.4 is 4.74 Å². The zero-order valence-corrected chi connectivity index (χ0v) is 8.02. The summed E-state index contributed by atoms with van der Waals surface area (Å²) in [6.07, 6.45) is 0. The molecule has 0 unspecified atom stereocenters. The molecule has 5 heteroatoms. The maximum Gasteiger partial charge on any atom is 0.387 e. The molecule has 0 N–H and O–H groups in total. The highest BCUT2D eigenvalue weighted by atomic mass is 79.9. The first-order valence-corrected chi connectivity index (χ1v) is 4.55. The van der Waals surface area contributed by atoms with Crippen LogP contribution in [0.1, 0.15) is 5.56 Å². The van der Waals surface area contributed by atoms with E-state index < -0.39 is 18.2 Å². The Balaban J connectivity index is 3.00. The first-order valence-electron chi connectivity index (χ1n) is 3.43. The van der Waals surface area contributed by atoms with Crippen LogP contribution in [0.2, 0.25) is 0 Å². The Morgan fingerprint density at radius 1 is 1.38 bits per heavy atom. The standard InChI is InChI=1S/C8H6BrF3O/c9-4-5-2-1-3-6(10)7(5)13-8(11)12/h1-3,8H,4H2. The van der Waals surface area contributed by atoms with Gasteiger partial charge in [-0.1, -0.05) is 28.1 Å². The second kappa shape index (κ2) is 4.50. The van der Waals surface area contributed by atoms with Crippen molar-refractivity contribution in [2.75, 3.05) is 0 Å². The van der Waals surface area contributed by atoms with Crippen molar-refractivity contribution in [3.8, 4) is 5.75 Å². The number of ether oxygens (including phenoxy) is 1.